The lowest BCUT2D eigenvalue weighted by Gasteiger charge is -2.29. The van der Waals surface area contributed by atoms with E-state index in [0.717, 1.165) is 6.42 Å². The summed E-state index contributed by atoms with van der Waals surface area (Å²) in [6, 6.07) is 6.48. The molecule has 0 aliphatic heterocycles. The standard InChI is InChI=1S/C11H13N/c1-8-3-2-4-9-7-10(5-6-12)11(8)9/h2-6,10H,7,12H2,1H3/b6-5-. The van der Waals surface area contributed by atoms with E-state index < -0.39 is 0 Å². The van der Waals surface area contributed by atoms with Crippen LogP contribution in [0, 0.1) is 6.92 Å². The number of hydrogen-bond donors (Lipinski definition) is 1. The van der Waals surface area contributed by atoms with Gasteiger partial charge in [-0.05, 0) is 36.2 Å². The number of hydrogen-bond acceptors (Lipinski definition) is 1. The van der Waals surface area contributed by atoms with E-state index in [-0.39, 0.29) is 0 Å². The van der Waals surface area contributed by atoms with Gasteiger partial charge in [0, 0.05) is 5.92 Å². The summed E-state index contributed by atoms with van der Waals surface area (Å²) in [4.78, 5) is 0. The quantitative estimate of drug-likeness (QED) is 0.667. The van der Waals surface area contributed by atoms with Crippen LogP contribution < -0.4 is 5.73 Å². The van der Waals surface area contributed by atoms with Crippen molar-refractivity contribution in [3.63, 3.8) is 0 Å². The maximum Gasteiger partial charge on any atom is 0.00809 e. The van der Waals surface area contributed by atoms with E-state index in [9.17, 15) is 0 Å². The molecule has 1 aromatic rings. The Labute approximate surface area is 72.9 Å². The molecule has 0 amide bonds. The second-order valence-electron chi connectivity index (χ2n) is 3.34. The predicted octanol–water partition coefficient (Wildman–Crippen LogP) is 2.11. The summed E-state index contributed by atoms with van der Waals surface area (Å²) in [6.45, 7) is 2.16. The van der Waals surface area contributed by atoms with Gasteiger partial charge in [-0.1, -0.05) is 24.3 Å². The minimum Gasteiger partial charge on any atom is -0.405 e. The first-order chi connectivity index (χ1) is 5.83. The monoisotopic (exact) mass is 159 g/mol. The topological polar surface area (TPSA) is 26.0 Å². The Morgan fingerprint density at radius 2 is 2.33 bits per heavy atom. The first-order valence-electron chi connectivity index (χ1n) is 4.29. The Morgan fingerprint density at radius 3 is 3.00 bits per heavy atom. The smallest absolute Gasteiger partial charge is 0.00809 e. The lowest BCUT2D eigenvalue weighted by atomic mass is 9.75. The van der Waals surface area contributed by atoms with E-state index in [2.05, 4.69) is 31.2 Å². The molecule has 12 heavy (non-hydrogen) atoms. The Hall–Kier alpha value is -1.24. The zero-order valence-corrected chi connectivity index (χ0v) is 7.25. The zero-order valence-electron chi connectivity index (χ0n) is 7.25. The second kappa shape index (κ2) is 2.67. The Bertz CT molecular complexity index is 312. The highest BCUT2D eigenvalue weighted by atomic mass is 14.5. The maximum absolute atomic E-state index is 5.37. The van der Waals surface area contributed by atoms with Crippen molar-refractivity contribution in [2.75, 3.05) is 0 Å². The predicted molar refractivity (Wildman–Crippen MR) is 51.0 cm³/mol. The van der Waals surface area contributed by atoms with Gasteiger partial charge in [0.05, 0.1) is 0 Å². The molecule has 0 radical (unpaired) electrons. The number of fused-ring (bicyclic) bond motifs is 1. The first-order valence-corrected chi connectivity index (χ1v) is 4.29. The molecular formula is C11H13N. The van der Waals surface area contributed by atoms with Gasteiger partial charge < -0.3 is 5.73 Å². The molecule has 0 aromatic heterocycles. The highest BCUT2D eigenvalue weighted by molar-refractivity contribution is 5.47. The number of rotatable bonds is 1. The lowest BCUT2D eigenvalue weighted by Crippen LogP contribution is -2.16. The largest absolute Gasteiger partial charge is 0.405 e. The molecule has 1 unspecified atom stereocenters. The third-order valence-corrected chi connectivity index (χ3v) is 2.57. The van der Waals surface area contributed by atoms with Crippen LogP contribution in [-0.2, 0) is 6.42 Å². The van der Waals surface area contributed by atoms with Gasteiger partial charge >= 0.3 is 0 Å². The van der Waals surface area contributed by atoms with Crippen LogP contribution in [0.25, 0.3) is 0 Å². The molecule has 1 heteroatoms. The molecule has 1 aliphatic carbocycles. The third-order valence-electron chi connectivity index (χ3n) is 2.57. The zero-order chi connectivity index (χ0) is 8.55. The molecule has 2 rings (SSSR count). The molecule has 0 saturated heterocycles. The Kier molecular flexibility index (Phi) is 1.65. The molecule has 0 heterocycles. The summed E-state index contributed by atoms with van der Waals surface area (Å²) in [5.41, 5.74) is 9.73. The molecule has 1 atom stereocenters. The molecule has 62 valence electrons. The van der Waals surface area contributed by atoms with E-state index in [1.54, 1.807) is 6.20 Å². The molecule has 0 saturated carbocycles. The third kappa shape index (κ3) is 0.934. The van der Waals surface area contributed by atoms with Gasteiger partial charge in [0.2, 0.25) is 0 Å². The van der Waals surface area contributed by atoms with E-state index in [1.165, 1.54) is 16.7 Å². The fraction of sp³-hybridized carbons (Fsp3) is 0.273. The molecule has 1 nitrogen and oxygen atoms in total. The highest BCUT2D eigenvalue weighted by Crippen LogP contribution is 2.37. The number of aryl methyl sites for hydroxylation is 1. The van der Waals surface area contributed by atoms with Gasteiger partial charge in [-0.2, -0.15) is 0 Å². The van der Waals surface area contributed by atoms with Crippen LogP contribution in [0.1, 0.15) is 22.6 Å². The highest BCUT2D eigenvalue weighted by Gasteiger charge is 2.24. The van der Waals surface area contributed by atoms with Crippen LogP contribution in [0.5, 0.6) is 0 Å². The van der Waals surface area contributed by atoms with E-state index >= 15 is 0 Å². The summed E-state index contributed by atoms with van der Waals surface area (Å²) in [5.74, 6) is 0.575. The van der Waals surface area contributed by atoms with Crippen molar-refractivity contribution in [3.05, 3.63) is 47.2 Å². The fourth-order valence-corrected chi connectivity index (χ4v) is 1.96. The normalized spacial score (nSPS) is 20.6. The van der Waals surface area contributed by atoms with Gasteiger partial charge in [0.15, 0.2) is 0 Å². The molecule has 0 bridgehead atoms. The van der Waals surface area contributed by atoms with Crippen molar-refractivity contribution >= 4 is 0 Å². The number of allylic oxidation sites excluding steroid dienone is 1. The van der Waals surface area contributed by atoms with Gasteiger partial charge in [-0.3, -0.25) is 0 Å². The van der Waals surface area contributed by atoms with E-state index in [1.807, 2.05) is 0 Å². The molecular weight excluding hydrogens is 146 g/mol. The van der Waals surface area contributed by atoms with Crippen molar-refractivity contribution < 1.29 is 0 Å². The van der Waals surface area contributed by atoms with Crippen LogP contribution in [0.4, 0.5) is 0 Å². The summed E-state index contributed by atoms with van der Waals surface area (Å²) in [7, 11) is 0. The molecule has 0 fully saturated rings. The SMILES string of the molecule is Cc1cccc2c1C(/C=C\N)C2. The second-order valence-corrected chi connectivity index (χ2v) is 3.34. The van der Waals surface area contributed by atoms with E-state index in [4.69, 9.17) is 5.73 Å². The van der Waals surface area contributed by atoms with Crippen molar-refractivity contribution in [2.45, 2.75) is 19.3 Å². The molecule has 1 aromatic carbocycles. The summed E-state index contributed by atoms with van der Waals surface area (Å²) in [5, 5.41) is 0. The van der Waals surface area contributed by atoms with Gasteiger partial charge in [0.25, 0.3) is 0 Å². The number of benzene rings is 1. The van der Waals surface area contributed by atoms with Crippen LogP contribution in [-0.4, -0.2) is 0 Å². The van der Waals surface area contributed by atoms with Gasteiger partial charge in [-0.25, -0.2) is 0 Å². The Balaban J connectivity index is 2.39. The van der Waals surface area contributed by atoms with Crippen LogP contribution >= 0.6 is 0 Å². The van der Waals surface area contributed by atoms with Crippen LogP contribution in [0.3, 0.4) is 0 Å². The molecule has 1 aliphatic rings. The minimum absolute atomic E-state index is 0.575. The number of nitrogens with two attached hydrogens (primary N) is 1. The minimum atomic E-state index is 0.575. The van der Waals surface area contributed by atoms with Crippen molar-refractivity contribution in [3.8, 4) is 0 Å². The van der Waals surface area contributed by atoms with Crippen LogP contribution in [0.2, 0.25) is 0 Å². The van der Waals surface area contributed by atoms with Crippen molar-refractivity contribution in [2.24, 2.45) is 5.73 Å². The average Bonchev–Trinajstić information content (AvgIpc) is 2.00. The lowest BCUT2D eigenvalue weighted by molar-refractivity contribution is 0.722. The average molecular weight is 159 g/mol. The van der Waals surface area contributed by atoms with Gasteiger partial charge in [0.1, 0.15) is 0 Å². The molecule has 2 N–H and O–H groups in total. The van der Waals surface area contributed by atoms with Crippen molar-refractivity contribution in [1.29, 1.82) is 0 Å². The van der Waals surface area contributed by atoms with Crippen molar-refractivity contribution in [1.82, 2.24) is 0 Å². The maximum atomic E-state index is 5.37. The summed E-state index contributed by atoms with van der Waals surface area (Å²) < 4.78 is 0. The van der Waals surface area contributed by atoms with Crippen LogP contribution in [0.15, 0.2) is 30.5 Å². The molecule has 0 spiro atoms. The Morgan fingerprint density at radius 1 is 1.50 bits per heavy atom. The summed E-state index contributed by atoms with van der Waals surface area (Å²) >= 11 is 0. The summed E-state index contributed by atoms with van der Waals surface area (Å²) in [6.07, 6.45) is 4.89. The fourth-order valence-electron chi connectivity index (χ4n) is 1.96. The first kappa shape index (κ1) is 7.41. The van der Waals surface area contributed by atoms with E-state index in [0.29, 0.717) is 5.92 Å². The van der Waals surface area contributed by atoms with Gasteiger partial charge in [-0.15, -0.1) is 0 Å².